The van der Waals surface area contributed by atoms with E-state index in [1.165, 1.54) is 24.2 Å². The SMILES string of the molecule is CC1CCN(S(=O)(=O)c2cc(C(=O)N3CCCCCC3)cs2)CC1. The number of piperidine rings is 1. The summed E-state index contributed by atoms with van der Waals surface area (Å²) in [5.74, 6) is 0.557. The van der Waals surface area contributed by atoms with Crippen molar-refractivity contribution in [3.8, 4) is 0 Å². The molecule has 0 spiro atoms. The first kappa shape index (κ1) is 17.9. The van der Waals surface area contributed by atoms with E-state index in [1.807, 2.05) is 4.90 Å². The Hall–Kier alpha value is -0.920. The second-order valence-corrected chi connectivity index (χ2v) is 10.0. The number of carbonyl (C=O) groups is 1. The van der Waals surface area contributed by atoms with Crippen molar-refractivity contribution in [2.24, 2.45) is 5.92 Å². The summed E-state index contributed by atoms with van der Waals surface area (Å²) in [5.41, 5.74) is 0.519. The molecule has 5 nitrogen and oxygen atoms in total. The van der Waals surface area contributed by atoms with Gasteiger partial charge < -0.3 is 4.90 Å². The molecule has 134 valence electrons. The van der Waals surface area contributed by atoms with Crippen LogP contribution in [0.25, 0.3) is 0 Å². The molecule has 7 heteroatoms. The van der Waals surface area contributed by atoms with Crippen LogP contribution in [0.1, 0.15) is 55.8 Å². The van der Waals surface area contributed by atoms with Gasteiger partial charge in [-0.1, -0.05) is 19.8 Å². The zero-order valence-electron chi connectivity index (χ0n) is 14.2. The largest absolute Gasteiger partial charge is 0.339 e. The maximum Gasteiger partial charge on any atom is 0.254 e. The molecule has 0 bridgehead atoms. The fraction of sp³-hybridized carbons (Fsp3) is 0.706. The molecule has 2 saturated heterocycles. The number of amides is 1. The van der Waals surface area contributed by atoms with Crippen molar-refractivity contribution < 1.29 is 13.2 Å². The highest BCUT2D eigenvalue weighted by molar-refractivity contribution is 7.91. The van der Waals surface area contributed by atoms with Crippen LogP contribution in [0.3, 0.4) is 0 Å². The lowest BCUT2D eigenvalue weighted by molar-refractivity contribution is 0.0762. The second-order valence-electron chi connectivity index (χ2n) is 6.95. The maximum atomic E-state index is 12.8. The first-order valence-corrected chi connectivity index (χ1v) is 11.2. The van der Waals surface area contributed by atoms with Crippen LogP contribution in [-0.4, -0.2) is 49.7 Å². The third-order valence-electron chi connectivity index (χ3n) is 5.05. The highest BCUT2D eigenvalue weighted by Gasteiger charge is 2.30. The predicted molar refractivity (Wildman–Crippen MR) is 95.8 cm³/mol. The van der Waals surface area contributed by atoms with Crippen LogP contribution in [0.5, 0.6) is 0 Å². The molecule has 24 heavy (non-hydrogen) atoms. The normalized spacial score (nSPS) is 21.6. The van der Waals surface area contributed by atoms with Crippen molar-refractivity contribution in [2.75, 3.05) is 26.2 Å². The fourth-order valence-corrected chi connectivity index (χ4v) is 6.15. The van der Waals surface area contributed by atoms with E-state index in [2.05, 4.69) is 6.92 Å². The van der Waals surface area contributed by atoms with E-state index in [-0.39, 0.29) is 5.91 Å². The summed E-state index contributed by atoms with van der Waals surface area (Å²) in [4.78, 5) is 14.5. The Kier molecular flexibility index (Phi) is 5.62. The molecule has 0 aromatic carbocycles. The molecule has 0 N–H and O–H groups in total. The fourth-order valence-electron chi connectivity index (χ4n) is 3.37. The minimum absolute atomic E-state index is 0.0260. The van der Waals surface area contributed by atoms with Crippen molar-refractivity contribution in [3.63, 3.8) is 0 Å². The smallest absolute Gasteiger partial charge is 0.254 e. The van der Waals surface area contributed by atoms with Crippen LogP contribution in [0.4, 0.5) is 0 Å². The average molecular weight is 371 g/mol. The molecule has 3 heterocycles. The zero-order chi connectivity index (χ0) is 17.2. The molecule has 3 rings (SSSR count). The van der Waals surface area contributed by atoms with E-state index in [0.29, 0.717) is 28.8 Å². The Morgan fingerprint density at radius 1 is 1.08 bits per heavy atom. The standard InChI is InChI=1S/C17H26N2O3S2/c1-14-6-10-19(11-7-14)24(21,22)16-12-15(13-23-16)17(20)18-8-4-2-3-5-9-18/h12-14H,2-11H2,1H3. The third kappa shape index (κ3) is 3.83. The summed E-state index contributed by atoms with van der Waals surface area (Å²) in [5, 5.41) is 1.70. The van der Waals surface area contributed by atoms with Gasteiger partial charge in [-0.3, -0.25) is 4.79 Å². The van der Waals surface area contributed by atoms with Gasteiger partial charge in [-0.05, 0) is 37.7 Å². The van der Waals surface area contributed by atoms with Crippen LogP contribution in [0, 0.1) is 5.92 Å². The first-order valence-electron chi connectivity index (χ1n) is 8.86. The molecule has 0 atom stereocenters. The van der Waals surface area contributed by atoms with Crippen molar-refractivity contribution in [2.45, 2.75) is 49.7 Å². The topological polar surface area (TPSA) is 57.7 Å². The van der Waals surface area contributed by atoms with Gasteiger partial charge in [-0.15, -0.1) is 11.3 Å². The Balaban J connectivity index is 1.73. The van der Waals surface area contributed by atoms with Gasteiger partial charge in [0.05, 0.1) is 5.56 Å². The molecule has 1 amide bonds. The van der Waals surface area contributed by atoms with E-state index in [1.54, 1.807) is 15.8 Å². The molecule has 2 aliphatic rings. The van der Waals surface area contributed by atoms with Crippen LogP contribution in [0.2, 0.25) is 0 Å². The van der Waals surface area contributed by atoms with Gasteiger partial charge in [-0.25, -0.2) is 8.42 Å². The highest BCUT2D eigenvalue weighted by atomic mass is 32.2. The number of carbonyl (C=O) groups excluding carboxylic acids is 1. The molecular weight excluding hydrogens is 344 g/mol. The van der Waals surface area contributed by atoms with Crippen LogP contribution in [0.15, 0.2) is 15.7 Å². The number of hydrogen-bond acceptors (Lipinski definition) is 4. The number of rotatable bonds is 3. The highest BCUT2D eigenvalue weighted by Crippen LogP contribution is 2.28. The van der Waals surface area contributed by atoms with Crippen molar-refractivity contribution >= 4 is 27.3 Å². The maximum absolute atomic E-state index is 12.8. The monoisotopic (exact) mass is 370 g/mol. The molecular formula is C17H26N2O3S2. The van der Waals surface area contributed by atoms with Crippen LogP contribution < -0.4 is 0 Å². The number of likely N-dealkylation sites (tertiary alicyclic amines) is 1. The summed E-state index contributed by atoms with van der Waals surface area (Å²) in [6.07, 6.45) is 6.22. The van der Waals surface area contributed by atoms with E-state index in [4.69, 9.17) is 0 Å². The van der Waals surface area contributed by atoms with Gasteiger partial charge in [0.2, 0.25) is 0 Å². The second kappa shape index (κ2) is 7.54. The van der Waals surface area contributed by atoms with Crippen molar-refractivity contribution in [3.05, 3.63) is 17.0 Å². The quantitative estimate of drug-likeness (QED) is 0.821. The molecule has 1 aromatic rings. The van der Waals surface area contributed by atoms with Gasteiger partial charge in [0.15, 0.2) is 0 Å². The van der Waals surface area contributed by atoms with E-state index >= 15 is 0 Å². The minimum Gasteiger partial charge on any atom is -0.339 e. The summed E-state index contributed by atoms with van der Waals surface area (Å²) in [6, 6.07) is 1.57. The van der Waals surface area contributed by atoms with Crippen molar-refractivity contribution in [1.29, 1.82) is 0 Å². The average Bonchev–Trinajstić information content (AvgIpc) is 2.92. The van der Waals surface area contributed by atoms with Gasteiger partial charge in [0, 0.05) is 31.6 Å². The van der Waals surface area contributed by atoms with E-state index < -0.39 is 10.0 Å². The van der Waals surface area contributed by atoms with Crippen LogP contribution in [-0.2, 0) is 10.0 Å². The van der Waals surface area contributed by atoms with Gasteiger partial charge in [-0.2, -0.15) is 4.31 Å². The Morgan fingerprint density at radius 2 is 1.71 bits per heavy atom. The van der Waals surface area contributed by atoms with E-state index in [9.17, 15) is 13.2 Å². The van der Waals surface area contributed by atoms with Crippen LogP contribution >= 0.6 is 11.3 Å². The summed E-state index contributed by atoms with van der Waals surface area (Å²) >= 11 is 1.17. The molecule has 1 aromatic heterocycles. The number of nitrogens with zero attached hydrogens (tertiary/aromatic N) is 2. The van der Waals surface area contributed by atoms with E-state index in [0.717, 1.165) is 38.8 Å². The Bertz CT molecular complexity index is 668. The van der Waals surface area contributed by atoms with Gasteiger partial charge >= 0.3 is 0 Å². The number of sulfonamides is 1. The molecule has 2 fully saturated rings. The minimum atomic E-state index is -3.45. The number of hydrogen-bond donors (Lipinski definition) is 0. The van der Waals surface area contributed by atoms with Crippen molar-refractivity contribution in [1.82, 2.24) is 9.21 Å². The molecule has 0 saturated carbocycles. The lowest BCUT2D eigenvalue weighted by Gasteiger charge is -2.28. The zero-order valence-corrected chi connectivity index (χ0v) is 15.9. The lowest BCUT2D eigenvalue weighted by Crippen LogP contribution is -2.37. The lowest BCUT2D eigenvalue weighted by atomic mass is 10.0. The molecule has 2 aliphatic heterocycles. The molecule has 0 aliphatic carbocycles. The van der Waals surface area contributed by atoms with Gasteiger partial charge in [0.25, 0.3) is 15.9 Å². The predicted octanol–water partition coefficient (Wildman–Crippen LogP) is 3.18. The molecule has 0 radical (unpaired) electrons. The third-order valence-corrected chi connectivity index (χ3v) is 8.37. The first-order chi connectivity index (χ1) is 11.5. The van der Waals surface area contributed by atoms with Gasteiger partial charge in [0.1, 0.15) is 4.21 Å². The summed E-state index contributed by atoms with van der Waals surface area (Å²) < 4.78 is 27.4. The Labute approximate surface area is 148 Å². The molecule has 0 unspecified atom stereocenters. The number of thiophene rings is 1. The Morgan fingerprint density at radius 3 is 2.33 bits per heavy atom. The summed E-state index contributed by atoms with van der Waals surface area (Å²) in [6.45, 7) is 4.88. The summed E-state index contributed by atoms with van der Waals surface area (Å²) in [7, 11) is -3.45.